The van der Waals surface area contributed by atoms with E-state index in [0.717, 1.165) is 9.87 Å². The molecule has 2 amide bonds. The van der Waals surface area contributed by atoms with Crippen LogP contribution in [0.3, 0.4) is 0 Å². The Morgan fingerprint density at radius 3 is 2.07 bits per heavy atom. The van der Waals surface area contributed by atoms with Gasteiger partial charge in [-0.25, -0.2) is 12.8 Å². The van der Waals surface area contributed by atoms with Crippen molar-refractivity contribution in [1.82, 2.24) is 10.2 Å². The van der Waals surface area contributed by atoms with E-state index in [4.69, 9.17) is 4.74 Å². The van der Waals surface area contributed by atoms with Crippen molar-refractivity contribution in [3.05, 3.63) is 126 Å². The average molecular weight is 646 g/mol. The van der Waals surface area contributed by atoms with Crippen LogP contribution in [0.5, 0.6) is 5.75 Å². The first-order valence-corrected chi connectivity index (χ1v) is 16.8. The molecule has 0 radical (unpaired) electrons. The quantitative estimate of drug-likeness (QED) is 0.172. The molecule has 2 atom stereocenters. The summed E-state index contributed by atoms with van der Waals surface area (Å²) in [7, 11) is -4.27. The first kappa shape index (κ1) is 34.2. The summed E-state index contributed by atoms with van der Waals surface area (Å²) in [6.45, 7) is 5.20. The average Bonchev–Trinajstić information content (AvgIpc) is 3.07. The van der Waals surface area contributed by atoms with E-state index in [1.165, 1.54) is 29.2 Å². The van der Waals surface area contributed by atoms with E-state index in [2.05, 4.69) is 5.32 Å². The van der Waals surface area contributed by atoms with Crippen molar-refractivity contribution in [3.63, 3.8) is 0 Å². The molecule has 0 fully saturated rings. The van der Waals surface area contributed by atoms with Gasteiger partial charge in [-0.2, -0.15) is 0 Å². The molecule has 46 heavy (non-hydrogen) atoms. The van der Waals surface area contributed by atoms with E-state index >= 15 is 0 Å². The summed E-state index contributed by atoms with van der Waals surface area (Å²) in [4.78, 5) is 29.8. The largest absolute Gasteiger partial charge is 0.492 e. The molecule has 0 saturated carbocycles. The summed E-state index contributed by atoms with van der Waals surface area (Å²) in [5.74, 6) is -1.14. The minimum absolute atomic E-state index is 0.00506. The maximum atomic E-state index is 14.6. The third-order valence-corrected chi connectivity index (χ3v) is 9.36. The van der Waals surface area contributed by atoms with Gasteiger partial charge in [0.05, 0.1) is 17.2 Å². The van der Waals surface area contributed by atoms with Gasteiger partial charge in [-0.05, 0) is 67.8 Å². The van der Waals surface area contributed by atoms with Gasteiger partial charge < -0.3 is 15.0 Å². The van der Waals surface area contributed by atoms with Crippen LogP contribution in [0.15, 0.2) is 114 Å². The molecule has 0 aliphatic heterocycles. The second-order valence-electron chi connectivity index (χ2n) is 10.9. The van der Waals surface area contributed by atoms with Crippen LogP contribution < -0.4 is 14.4 Å². The van der Waals surface area contributed by atoms with Gasteiger partial charge in [0, 0.05) is 19.0 Å². The van der Waals surface area contributed by atoms with Crippen LogP contribution in [0.1, 0.15) is 38.3 Å². The van der Waals surface area contributed by atoms with Crippen molar-refractivity contribution >= 4 is 27.5 Å². The van der Waals surface area contributed by atoms with Crippen LogP contribution in [0.25, 0.3) is 0 Å². The van der Waals surface area contributed by atoms with Crippen molar-refractivity contribution in [3.8, 4) is 5.75 Å². The highest BCUT2D eigenvalue weighted by molar-refractivity contribution is 7.92. The van der Waals surface area contributed by atoms with Crippen LogP contribution in [0.2, 0.25) is 0 Å². The lowest BCUT2D eigenvalue weighted by Crippen LogP contribution is -2.54. The number of anilines is 1. The lowest BCUT2D eigenvalue weighted by Gasteiger charge is -2.34. The first-order valence-electron chi connectivity index (χ1n) is 15.3. The summed E-state index contributed by atoms with van der Waals surface area (Å²) in [5.41, 5.74) is 1.59. The molecule has 0 saturated heterocycles. The fraction of sp³-hybridized carbons (Fsp3) is 0.278. The molecule has 0 bridgehead atoms. The van der Waals surface area contributed by atoms with E-state index in [1.54, 1.807) is 61.5 Å². The second kappa shape index (κ2) is 16.0. The maximum absolute atomic E-state index is 14.6. The number of rotatable bonds is 15. The minimum atomic E-state index is -4.27. The number of carbonyl (C=O) groups excluding carboxylic acids is 2. The highest BCUT2D eigenvalue weighted by Crippen LogP contribution is 2.33. The van der Waals surface area contributed by atoms with E-state index < -0.39 is 34.3 Å². The summed E-state index contributed by atoms with van der Waals surface area (Å²) in [6, 6.07) is 28.3. The number of amides is 2. The van der Waals surface area contributed by atoms with E-state index in [0.29, 0.717) is 12.0 Å². The van der Waals surface area contributed by atoms with Crippen LogP contribution in [0.4, 0.5) is 10.1 Å². The number of nitrogens with one attached hydrogen (secondary N) is 1. The van der Waals surface area contributed by atoms with Gasteiger partial charge in [-0.15, -0.1) is 0 Å². The molecule has 4 aromatic rings. The zero-order valence-electron chi connectivity index (χ0n) is 26.3. The summed E-state index contributed by atoms with van der Waals surface area (Å²) < 4.78 is 49.1. The van der Waals surface area contributed by atoms with Crippen molar-refractivity contribution in [2.24, 2.45) is 0 Å². The van der Waals surface area contributed by atoms with Crippen molar-refractivity contribution in [2.45, 2.75) is 57.1 Å². The topological polar surface area (TPSA) is 96.0 Å². The summed E-state index contributed by atoms with van der Waals surface area (Å²) in [5, 5.41) is 3.00. The molecular weight excluding hydrogens is 605 g/mol. The molecule has 4 rings (SSSR count). The number of nitrogens with zero attached hydrogens (tertiary/aromatic N) is 2. The molecule has 4 aromatic carbocycles. The Morgan fingerprint density at radius 2 is 1.43 bits per heavy atom. The Morgan fingerprint density at radius 1 is 0.826 bits per heavy atom. The van der Waals surface area contributed by atoms with Gasteiger partial charge in [0.2, 0.25) is 11.8 Å². The van der Waals surface area contributed by atoms with Crippen molar-refractivity contribution in [2.75, 3.05) is 17.5 Å². The zero-order chi connectivity index (χ0) is 33.1. The Hall–Kier alpha value is -4.70. The number of para-hydroxylation sites is 2. The molecular formula is C36H40FN3O5S. The van der Waals surface area contributed by atoms with Crippen LogP contribution in [-0.4, -0.2) is 50.4 Å². The molecule has 0 aliphatic rings. The lowest BCUT2D eigenvalue weighted by atomic mass is 10.0. The number of carbonyl (C=O) groups is 2. The highest BCUT2D eigenvalue weighted by atomic mass is 32.2. The molecule has 0 aliphatic carbocycles. The standard InChI is InChI=1S/C36H40FN3O5S/c1-4-27(3)38-36(42)33(24-28-14-8-6-9-15-28)39(25-29-20-22-30(37)23-21-29)35(41)26-40(32-18-12-13-19-34(32)45-5-2)46(43,44)31-16-10-7-11-17-31/h6-23,27,33H,4-5,24-26H2,1-3H3,(H,38,42)/t27-,33+/m1/s1. The number of hydrogen-bond donors (Lipinski definition) is 1. The van der Waals surface area contributed by atoms with Crippen molar-refractivity contribution < 1.29 is 27.1 Å². The minimum Gasteiger partial charge on any atom is -0.492 e. The molecule has 242 valence electrons. The van der Waals surface area contributed by atoms with Crippen LogP contribution in [0, 0.1) is 5.82 Å². The number of halogens is 1. The Bertz CT molecular complexity index is 1690. The van der Waals surface area contributed by atoms with Gasteiger partial charge in [-0.1, -0.05) is 79.7 Å². The number of hydrogen-bond acceptors (Lipinski definition) is 5. The maximum Gasteiger partial charge on any atom is 0.264 e. The number of benzene rings is 4. The molecule has 0 heterocycles. The fourth-order valence-electron chi connectivity index (χ4n) is 4.96. The highest BCUT2D eigenvalue weighted by Gasteiger charge is 2.35. The monoisotopic (exact) mass is 645 g/mol. The van der Waals surface area contributed by atoms with Gasteiger partial charge in [0.15, 0.2) is 0 Å². The van der Waals surface area contributed by atoms with Gasteiger partial charge in [-0.3, -0.25) is 13.9 Å². The van der Waals surface area contributed by atoms with Crippen LogP contribution in [-0.2, 0) is 32.6 Å². The molecule has 8 nitrogen and oxygen atoms in total. The third-order valence-electron chi connectivity index (χ3n) is 7.58. The lowest BCUT2D eigenvalue weighted by molar-refractivity contribution is -0.140. The Balaban J connectivity index is 1.83. The zero-order valence-corrected chi connectivity index (χ0v) is 27.1. The molecule has 1 N–H and O–H groups in total. The predicted molar refractivity (Wildman–Crippen MR) is 177 cm³/mol. The van der Waals surface area contributed by atoms with E-state index in [9.17, 15) is 22.4 Å². The Labute approximate surface area is 270 Å². The Kier molecular flexibility index (Phi) is 11.9. The molecule has 0 spiro atoms. The second-order valence-corrected chi connectivity index (χ2v) is 12.8. The smallest absolute Gasteiger partial charge is 0.264 e. The van der Waals surface area contributed by atoms with Crippen LogP contribution >= 0.6 is 0 Å². The SMILES string of the molecule is CCOc1ccccc1N(CC(=O)N(Cc1ccc(F)cc1)[C@@H](Cc1ccccc1)C(=O)N[C@H](C)CC)S(=O)(=O)c1ccccc1. The normalized spacial score (nSPS) is 12.5. The van der Waals surface area contributed by atoms with E-state index in [-0.39, 0.29) is 47.9 Å². The molecule has 0 unspecified atom stereocenters. The predicted octanol–water partition coefficient (Wildman–Crippen LogP) is 5.97. The fourth-order valence-corrected chi connectivity index (χ4v) is 6.40. The van der Waals surface area contributed by atoms with E-state index in [1.807, 2.05) is 44.2 Å². The molecule has 0 aromatic heterocycles. The molecule has 10 heteroatoms. The summed E-state index contributed by atoms with van der Waals surface area (Å²) >= 11 is 0. The van der Waals surface area contributed by atoms with Crippen molar-refractivity contribution in [1.29, 1.82) is 0 Å². The van der Waals surface area contributed by atoms with Gasteiger partial charge in [0.1, 0.15) is 24.2 Å². The summed E-state index contributed by atoms with van der Waals surface area (Å²) in [6.07, 6.45) is 0.851. The first-order chi connectivity index (χ1) is 22.1. The van der Waals surface area contributed by atoms with Gasteiger partial charge in [0.25, 0.3) is 10.0 Å². The number of ether oxygens (including phenoxy) is 1. The number of sulfonamides is 1. The van der Waals surface area contributed by atoms with Gasteiger partial charge >= 0.3 is 0 Å². The third kappa shape index (κ3) is 8.72.